The number of benzene rings is 1. The molecule has 1 atom stereocenters. The number of carbonyl (C=O) groups excluding carboxylic acids is 2. The van der Waals surface area contributed by atoms with E-state index >= 15 is 0 Å². The Balaban J connectivity index is 3.42. The van der Waals surface area contributed by atoms with E-state index in [9.17, 15) is 14.4 Å². The molecule has 0 aliphatic carbocycles. The molecule has 1 amide bonds. The second-order valence-corrected chi connectivity index (χ2v) is 5.08. The summed E-state index contributed by atoms with van der Waals surface area (Å²) < 4.78 is 0. The van der Waals surface area contributed by atoms with Crippen molar-refractivity contribution < 1.29 is 19.5 Å². The van der Waals surface area contributed by atoms with Crippen LogP contribution in [0.4, 0.5) is 5.69 Å². The number of carboxylic acid groups (broad SMARTS) is 1. The summed E-state index contributed by atoms with van der Waals surface area (Å²) >= 11 is 0. The van der Waals surface area contributed by atoms with Crippen LogP contribution in [0, 0.1) is 0 Å². The SMILES string of the molecule is Bc1c(B)c(B)c(C(=O)C[C@H](N)C(=O)O)c(NC=O)c1B. The molecule has 0 bridgehead atoms. The molecule has 21 heavy (non-hydrogen) atoms. The van der Waals surface area contributed by atoms with Gasteiger partial charge in [0.15, 0.2) is 5.78 Å². The van der Waals surface area contributed by atoms with Crippen molar-refractivity contribution in [2.45, 2.75) is 12.5 Å². The van der Waals surface area contributed by atoms with Crippen LogP contribution in [0.1, 0.15) is 16.8 Å². The van der Waals surface area contributed by atoms with Gasteiger partial charge in [-0.2, -0.15) is 0 Å². The van der Waals surface area contributed by atoms with E-state index < -0.39 is 17.8 Å². The Morgan fingerprint density at radius 1 is 1.14 bits per heavy atom. The number of Topliss-reactive ketones (excluding diaryl/α,β-unsaturated/α-hetero) is 1. The number of hydrogen-bond donors (Lipinski definition) is 3. The van der Waals surface area contributed by atoms with Gasteiger partial charge in [0.2, 0.25) is 6.41 Å². The maximum atomic E-state index is 12.4. The van der Waals surface area contributed by atoms with Crippen molar-refractivity contribution in [3.63, 3.8) is 0 Å². The third kappa shape index (κ3) is 3.39. The van der Waals surface area contributed by atoms with Gasteiger partial charge < -0.3 is 16.2 Å². The normalized spacial score (nSPS) is 11.7. The second kappa shape index (κ2) is 6.67. The van der Waals surface area contributed by atoms with E-state index in [1.165, 1.54) is 0 Å². The molecule has 0 saturated carbocycles. The lowest BCUT2D eigenvalue weighted by Crippen LogP contribution is -2.51. The lowest BCUT2D eigenvalue weighted by atomic mass is 9.64. The summed E-state index contributed by atoms with van der Waals surface area (Å²) in [7, 11) is 7.37. The predicted molar refractivity (Wildman–Crippen MR) is 93.4 cm³/mol. The molecular weight excluding hydrogens is 267 g/mol. The molecule has 106 valence electrons. The van der Waals surface area contributed by atoms with Crippen molar-refractivity contribution in [3.8, 4) is 0 Å². The van der Waals surface area contributed by atoms with Gasteiger partial charge in [-0.15, -0.1) is 5.46 Å². The number of nitrogens with one attached hydrogen (secondary N) is 1. The summed E-state index contributed by atoms with van der Waals surface area (Å²) in [6.45, 7) is 0. The van der Waals surface area contributed by atoms with Crippen molar-refractivity contribution in [1.29, 1.82) is 0 Å². The van der Waals surface area contributed by atoms with Crippen LogP contribution in [-0.2, 0) is 9.59 Å². The van der Waals surface area contributed by atoms with Gasteiger partial charge in [0.25, 0.3) is 0 Å². The minimum absolute atomic E-state index is 0.314. The minimum Gasteiger partial charge on any atom is -0.480 e. The summed E-state index contributed by atoms with van der Waals surface area (Å²) in [5.74, 6) is -1.62. The highest BCUT2D eigenvalue weighted by molar-refractivity contribution is 6.65. The van der Waals surface area contributed by atoms with E-state index in [1.807, 2.05) is 23.5 Å². The Labute approximate surface area is 126 Å². The molecule has 0 radical (unpaired) electrons. The number of anilines is 1. The van der Waals surface area contributed by atoms with Gasteiger partial charge in [-0.3, -0.25) is 14.4 Å². The molecule has 0 heterocycles. The smallest absolute Gasteiger partial charge is 0.320 e. The molecule has 0 aromatic heterocycles. The number of amides is 1. The molecule has 1 aromatic carbocycles. The lowest BCUT2D eigenvalue weighted by Gasteiger charge is -2.20. The van der Waals surface area contributed by atoms with Crippen molar-refractivity contribution in [1.82, 2.24) is 0 Å². The zero-order chi connectivity index (χ0) is 16.3. The van der Waals surface area contributed by atoms with Gasteiger partial charge in [-0.1, -0.05) is 16.4 Å². The monoisotopic (exact) mass is 284 g/mol. The summed E-state index contributed by atoms with van der Waals surface area (Å²) in [6.07, 6.45) is 0.191. The van der Waals surface area contributed by atoms with Crippen LogP contribution in [0.2, 0.25) is 0 Å². The molecule has 10 heteroatoms. The number of hydrogen-bond acceptors (Lipinski definition) is 4. The predicted octanol–water partition coefficient (Wildman–Crippen LogP) is -6.73. The summed E-state index contributed by atoms with van der Waals surface area (Å²) in [4.78, 5) is 34.0. The van der Waals surface area contributed by atoms with E-state index in [0.717, 1.165) is 21.9 Å². The van der Waals surface area contributed by atoms with Gasteiger partial charge >= 0.3 is 5.97 Å². The number of aliphatic carboxylic acids is 1. The number of ketones is 1. The van der Waals surface area contributed by atoms with Crippen LogP contribution < -0.4 is 32.9 Å². The lowest BCUT2D eigenvalue weighted by molar-refractivity contribution is -0.138. The molecule has 0 spiro atoms. The highest BCUT2D eigenvalue weighted by Crippen LogP contribution is 2.11. The van der Waals surface area contributed by atoms with Crippen LogP contribution in [0.15, 0.2) is 0 Å². The van der Waals surface area contributed by atoms with Crippen LogP contribution in [0.5, 0.6) is 0 Å². The molecule has 0 aliphatic heterocycles. The zero-order valence-electron chi connectivity index (χ0n) is 12.6. The van der Waals surface area contributed by atoms with Crippen LogP contribution >= 0.6 is 0 Å². The van der Waals surface area contributed by atoms with E-state index in [-0.39, 0.29) is 6.42 Å². The molecule has 1 aromatic rings. The number of nitrogens with two attached hydrogens (primary N) is 1. The minimum atomic E-state index is -1.26. The number of carbonyl (C=O) groups is 3. The van der Waals surface area contributed by atoms with Gasteiger partial charge in [0.05, 0.1) is 0 Å². The summed E-state index contributed by atoms with van der Waals surface area (Å²) in [5, 5.41) is 11.4. The molecular formula is C11H16B4N2O4. The first-order valence-corrected chi connectivity index (χ1v) is 6.54. The molecule has 0 aliphatic rings. The van der Waals surface area contributed by atoms with Crippen LogP contribution in [0.3, 0.4) is 0 Å². The first-order chi connectivity index (χ1) is 9.72. The Kier molecular flexibility index (Phi) is 5.43. The Bertz CT molecular complexity index is 621. The van der Waals surface area contributed by atoms with Gasteiger partial charge in [-0.05, 0) is 0 Å². The van der Waals surface area contributed by atoms with Gasteiger partial charge in [-0.25, -0.2) is 0 Å². The van der Waals surface area contributed by atoms with Gasteiger partial charge in [0, 0.05) is 17.7 Å². The fraction of sp³-hybridized carbons (Fsp3) is 0.182. The summed E-state index contributed by atoms with van der Waals surface area (Å²) in [5.41, 5.74) is 9.62. The third-order valence-electron chi connectivity index (χ3n) is 3.89. The number of rotatable bonds is 6. The van der Waals surface area contributed by atoms with Crippen molar-refractivity contribution >= 4 is 77.1 Å². The van der Waals surface area contributed by atoms with Crippen molar-refractivity contribution in [2.75, 3.05) is 5.32 Å². The standard InChI is InChI=1S/C11H16B4N2O4/c12-6-5(4(19)1-3(16)11(20)21)10(17-2-18)9(15)8(14)7(6)13/h2-3H,1,12-16H2,(H,17,18)(H,20,21)/t3-/m0/s1. The topological polar surface area (TPSA) is 109 Å². The third-order valence-corrected chi connectivity index (χ3v) is 3.89. The van der Waals surface area contributed by atoms with Gasteiger partial charge in [0.1, 0.15) is 37.4 Å². The number of carboxylic acids is 1. The Morgan fingerprint density at radius 3 is 2.14 bits per heavy atom. The average molecular weight is 284 g/mol. The first-order valence-electron chi connectivity index (χ1n) is 6.54. The Hall–Kier alpha value is -1.95. The maximum absolute atomic E-state index is 12.4. The molecule has 0 fully saturated rings. The van der Waals surface area contributed by atoms with Crippen molar-refractivity contribution in [2.24, 2.45) is 5.73 Å². The maximum Gasteiger partial charge on any atom is 0.320 e. The van der Waals surface area contributed by atoms with Crippen LogP contribution in [0.25, 0.3) is 0 Å². The fourth-order valence-electron chi connectivity index (χ4n) is 2.29. The van der Waals surface area contributed by atoms with Crippen molar-refractivity contribution in [3.05, 3.63) is 5.56 Å². The zero-order valence-corrected chi connectivity index (χ0v) is 12.6. The average Bonchev–Trinajstić information content (AvgIpc) is 2.42. The molecule has 0 saturated heterocycles. The molecule has 4 N–H and O–H groups in total. The summed E-state index contributed by atoms with van der Waals surface area (Å²) in [6, 6.07) is -1.26. The van der Waals surface area contributed by atoms with E-state index in [0.29, 0.717) is 17.7 Å². The van der Waals surface area contributed by atoms with E-state index in [1.54, 1.807) is 7.85 Å². The second-order valence-electron chi connectivity index (χ2n) is 5.08. The quantitative estimate of drug-likeness (QED) is 0.273. The van der Waals surface area contributed by atoms with E-state index in [4.69, 9.17) is 10.8 Å². The first kappa shape index (κ1) is 17.1. The highest BCUT2D eigenvalue weighted by atomic mass is 16.4. The highest BCUT2D eigenvalue weighted by Gasteiger charge is 2.23. The largest absolute Gasteiger partial charge is 0.480 e. The van der Waals surface area contributed by atoms with E-state index in [2.05, 4.69) is 5.32 Å². The molecule has 6 nitrogen and oxygen atoms in total. The van der Waals surface area contributed by atoms with Crippen LogP contribution in [-0.4, -0.2) is 60.7 Å². The molecule has 0 unspecified atom stereocenters. The fourth-order valence-corrected chi connectivity index (χ4v) is 2.29. The molecule has 1 rings (SSSR count). The Morgan fingerprint density at radius 2 is 1.67 bits per heavy atom.